The van der Waals surface area contributed by atoms with Crippen molar-refractivity contribution in [1.29, 1.82) is 0 Å². The van der Waals surface area contributed by atoms with Gasteiger partial charge in [-0.1, -0.05) is 23.2 Å². The van der Waals surface area contributed by atoms with E-state index in [1.807, 2.05) is 0 Å². The highest BCUT2D eigenvalue weighted by molar-refractivity contribution is 6.34. The summed E-state index contributed by atoms with van der Waals surface area (Å²) in [4.78, 5) is 0. The van der Waals surface area contributed by atoms with Gasteiger partial charge in [0.1, 0.15) is 5.41 Å². The molecule has 1 N–H and O–H groups in total. The standard InChI is InChI=1S/C11H10Cl2F3N/c12-8-3-7(4-9(13)5-8)10(11(14,15)16)1-2-17-6-10/h3-5,17H,1-2,6H2/t10-/m0/s1. The van der Waals surface area contributed by atoms with Crippen LogP contribution < -0.4 is 5.32 Å². The highest BCUT2D eigenvalue weighted by Gasteiger charge is 2.57. The van der Waals surface area contributed by atoms with Crippen molar-refractivity contribution in [2.45, 2.75) is 18.0 Å². The first kappa shape index (κ1) is 13.0. The molecule has 17 heavy (non-hydrogen) atoms. The molecule has 1 aromatic carbocycles. The molecule has 2 rings (SSSR count). The van der Waals surface area contributed by atoms with Crippen molar-refractivity contribution in [3.05, 3.63) is 33.8 Å². The van der Waals surface area contributed by atoms with Crippen molar-refractivity contribution in [3.8, 4) is 0 Å². The topological polar surface area (TPSA) is 12.0 Å². The first-order valence-electron chi connectivity index (χ1n) is 5.09. The number of nitrogens with one attached hydrogen (secondary N) is 1. The molecule has 1 fully saturated rings. The third-order valence-corrected chi connectivity index (χ3v) is 3.55. The fraction of sp³-hybridized carbons (Fsp3) is 0.455. The van der Waals surface area contributed by atoms with Crippen LogP contribution in [0.1, 0.15) is 12.0 Å². The number of alkyl halides is 3. The second-order valence-electron chi connectivity index (χ2n) is 4.16. The molecule has 0 aliphatic carbocycles. The molecule has 6 heteroatoms. The summed E-state index contributed by atoms with van der Waals surface area (Å²) in [7, 11) is 0. The average Bonchev–Trinajstić information content (AvgIpc) is 2.64. The predicted molar refractivity (Wildman–Crippen MR) is 61.7 cm³/mol. The molecule has 0 bridgehead atoms. The average molecular weight is 284 g/mol. The van der Waals surface area contributed by atoms with E-state index in [2.05, 4.69) is 5.32 Å². The number of hydrogen-bond acceptors (Lipinski definition) is 1. The Kier molecular flexibility index (Phi) is 3.31. The molecule has 1 saturated heterocycles. The molecule has 0 unspecified atom stereocenters. The monoisotopic (exact) mass is 283 g/mol. The second-order valence-corrected chi connectivity index (χ2v) is 5.04. The molecule has 1 atom stereocenters. The van der Waals surface area contributed by atoms with Crippen molar-refractivity contribution in [1.82, 2.24) is 5.32 Å². The van der Waals surface area contributed by atoms with Gasteiger partial charge >= 0.3 is 6.18 Å². The fourth-order valence-electron chi connectivity index (χ4n) is 2.17. The maximum Gasteiger partial charge on any atom is 0.399 e. The quantitative estimate of drug-likeness (QED) is 0.827. The van der Waals surface area contributed by atoms with Crippen molar-refractivity contribution in [3.63, 3.8) is 0 Å². The Balaban J connectivity index is 2.53. The maximum absolute atomic E-state index is 13.2. The van der Waals surface area contributed by atoms with Crippen LogP contribution in [-0.2, 0) is 5.41 Å². The maximum atomic E-state index is 13.2. The van der Waals surface area contributed by atoms with E-state index in [0.29, 0.717) is 6.54 Å². The molecule has 1 aliphatic heterocycles. The van der Waals surface area contributed by atoms with Crippen LogP contribution in [0.2, 0.25) is 10.0 Å². The smallest absolute Gasteiger partial charge is 0.315 e. The van der Waals surface area contributed by atoms with E-state index in [1.54, 1.807) is 0 Å². The summed E-state index contributed by atoms with van der Waals surface area (Å²) >= 11 is 11.5. The Morgan fingerprint density at radius 1 is 1.12 bits per heavy atom. The van der Waals surface area contributed by atoms with Gasteiger partial charge in [-0.15, -0.1) is 0 Å². The van der Waals surface area contributed by atoms with Gasteiger partial charge in [-0.3, -0.25) is 0 Å². The summed E-state index contributed by atoms with van der Waals surface area (Å²) in [6.07, 6.45) is -4.31. The van der Waals surface area contributed by atoms with Crippen LogP contribution in [0.3, 0.4) is 0 Å². The molecular weight excluding hydrogens is 274 g/mol. The van der Waals surface area contributed by atoms with E-state index in [-0.39, 0.29) is 28.6 Å². The summed E-state index contributed by atoms with van der Waals surface area (Å²) < 4.78 is 39.7. The Bertz CT molecular complexity index is 405. The van der Waals surface area contributed by atoms with Gasteiger partial charge in [-0.25, -0.2) is 0 Å². The van der Waals surface area contributed by atoms with E-state index in [4.69, 9.17) is 23.2 Å². The summed E-state index contributed by atoms with van der Waals surface area (Å²) in [5.41, 5.74) is -1.74. The molecule has 1 aliphatic rings. The lowest BCUT2D eigenvalue weighted by molar-refractivity contribution is -0.184. The van der Waals surface area contributed by atoms with Gasteiger partial charge in [-0.2, -0.15) is 13.2 Å². The summed E-state index contributed by atoms with van der Waals surface area (Å²) in [5, 5.41) is 3.20. The van der Waals surface area contributed by atoms with Crippen LogP contribution in [0.4, 0.5) is 13.2 Å². The minimum atomic E-state index is -4.31. The van der Waals surface area contributed by atoms with Crippen LogP contribution in [0.25, 0.3) is 0 Å². The number of hydrogen-bond donors (Lipinski definition) is 1. The molecule has 0 saturated carbocycles. The van der Waals surface area contributed by atoms with Gasteiger partial charge in [0.15, 0.2) is 0 Å². The molecule has 0 radical (unpaired) electrons. The van der Waals surface area contributed by atoms with Crippen LogP contribution in [0, 0.1) is 0 Å². The van der Waals surface area contributed by atoms with Crippen molar-refractivity contribution in [2.24, 2.45) is 0 Å². The summed E-state index contributed by atoms with van der Waals surface area (Å²) in [6.45, 7) is 0.205. The zero-order valence-corrected chi connectivity index (χ0v) is 10.3. The lowest BCUT2D eigenvalue weighted by Crippen LogP contribution is -2.44. The van der Waals surface area contributed by atoms with Crippen molar-refractivity contribution < 1.29 is 13.2 Å². The van der Waals surface area contributed by atoms with E-state index in [9.17, 15) is 13.2 Å². The first-order chi connectivity index (χ1) is 7.85. The minimum Gasteiger partial charge on any atom is -0.315 e. The number of benzene rings is 1. The van der Waals surface area contributed by atoms with Crippen LogP contribution in [0.15, 0.2) is 18.2 Å². The Morgan fingerprint density at radius 3 is 2.12 bits per heavy atom. The number of rotatable bonds is 1. The highest BCUT2D eigenvalue weighted by atomic mass is 35.5. The van der Waals surface area contributed by atoms with Gasteiger partial charge in [0.05, 0.1) is 0 Å². The molecule has 1 nitrogen and oxygen atoms in total. The van der Waals surface area contributed by atoms with Crippen molar-refractivity contribution in [2.75, 3.05) is 13.1 Å². The van der Waals surface area contributed by atoms with E-state index >= 15 is 0 Å². The van der Waals surface area contributed by atoms with Gasteiger partial charge in [-0.05, 0) is 36.7 Å². The molecular formula is C11H10Cl2F3N. The highest BCUT2D eigenvalue weighted by Crippen LogP contribution is 2.46. The van der Waals surface area contributed by atoms with Crippen LogP contribution >= 0.6 is 23.2 Å². The Labute approximate surface area is 107 Å². The zero-order valence-electron chi connectivity index (χ0n) is 8.74. The van der Waals surface area contributed by atoms with E-state index in [1.165, 1.54) is 18.2 Å². The molecule has 0 amide bonds. The third-order valence-electron chi connectivity index (χ3n) is 3.11. The first-order valence-corrected chi connectivity index (χ1v) is 5.85. The van der Waals surface area contributed by atoms with Crippen LogP contribution in [-0.4, -0.2) is 19.3 Å². The van der Waals surface area contributed by atoms with Gasteiger partial charge < -0.3 is 5.32 Å². The Hall–Kier alpha value is -0.450. The van der Waals surface area contributed by atoms with E-state index in [0.717, 1.165) is 0 Å². The van der Waals surface area contributed by atoms with Crippen LogP contribution in [0.5, 0.6) is 0 Å². The predicted octanol–water partition coefficient (Wildman–Crippen LogP) is 3.79. The normalized spacial score (nSPS) is 25.2. The van der Waals surface area contributed by atoms with Crippen molar-refractivity contribution >= 4 is 23.2 Å². The summed E-state index contributed by atoms with van der Waals surface area (Å²) in [5.74, 6) is 0. The Morgan fingerprint density at radius 2 is 1.71 bits per heavy atom. The second kappa shape index (κ2) is 4.34. The molecule has 1 aromatic rings. The number of halogens is 5. The lowest BCUT2D eigenvalue weighted by atomic mass is 9.79. The summed E-state index contributed by atoms with van der Waals surface area (Å²) in [6, 6.07) is 4.11. The minimum absolute atomic E-state index is 0.00711. The lowest BCUT2D eigenvalue weighted by Gasteiger charge is -2.31. The SMILES string of the molecule is FC(F)(F)[C@@]1(c2cc(Cl)cc(Cl)c2)CCNC1. The third kappa shape index (κ3) is 2.26. The molecule has 94 valence electrons. The van der Waals surface area contributed by atoms with Gasteiger partial charge in [0, 0.05) is 16.6 Å². The van der Waals surface area contributed by atoms with Gasteiger partial charge in [0.2, 0.25) is 0 Å². The largest absolute Gasteiger partial charge is 0.399 e. The molecule has 0 spiro atoms. The molecule has 0 aromatic heterocycles. The molecule has 1 heterocycles. The fourth-order valence-corrected chi connectivity index (χ4v) is 2.70. The zero-order chi connectivity index (χ0) is 12.7. The van der Waals surface area contributed by atoms with Gasteiger partial charge in [0.25, 0.3) is 0 Å². The van der Waals surface area contributed by atoms with E-state index < -0.39 is 11.6 Å².